The van der Waals surface area contributed by atoms with Gasteiger partial charge in [0, 0.05) is 10.8 Å². The molecule has 5 aromatic carbocycles. The first kappa shape index (κ1) is 23.3. The zero-order valence-corrected chi connectivity index (χ0v) is 22.1. The number of rotatable bonds is 3. The van der Waals surface area contributed by atoms with Gasteiger partial charge in [-0.2, -0.15) is 0 Å². The summed E-state index contributed by atoms with van der Waals surface area (Å²) < 4.78 is 18.7. The van der Waals surface area contributed by atoms with E-state index < -0.39 is 0 Å². The van der Waals surface area contributed by atoms with Crippen molar-refractivity contribution >= 4 is 45.3 Å². The van der Waals surface area contributed by atoms with Crippen molar-refractivity contribution in [1.82, 2.24) is 0 Å². The first-order valence-electron chi connectivity index (χ1n) is 13.2. The predicted octanol–water partition coefficient (Wildman–Crippen LogP) is 8.37. The minimum Gasteiger partial charge on any atom is -0.456 e. The van der Waals surface area contributed by atoms with E-state index in [-0.39, 0.29) is 18.3 Å². The molecule has 1 aromatic heterocycles. The molecule has 0 N–H and O–H groups in total. The first-order chi connectivity index (χ1) is 18.3. The average molecular weight is 496 g/mol. The molecule has 6 aromatic rings. The third-order valence-corrected chi connectivity index (χ3v) is 8.30. The van der Waals surface area contributed by atoms with E-state index in [1.807, 2.05) is 0 Å². The average Bonchev–Trinajstić information content (AvgIpc) is 3.38. The fraction of sp³-hybridized carbons (Fsp3) is 0.176. The molecule has 0 spiro atoms. The minimum absolute atomic E-state index is 0.357. The summed E-state index contributed by atoms with van der Waals surface area (Å²) in [5.74, 6) is 0. The second-order valence-corrected chi connectivity index (χ2v) is 11.3. The Hall–Kier alpha value is -3.86. The van der Waals surface area contributed by atoms with Gasteiger partial charge in [0.05, 0.1) is 11.2 Å². The van der Waals surface area contributed by atoms with Crippen molar-refractivity contribution in [3.8, 4) is 22.3 Å². The lowest BCUT2D eigenvalue weighted by atomic mass is 9.78. The van der Waals surface area contributed by atoms with E-state index >= 15 is 0 Å². The number of benzene rings is 5. The van der Waals surface area contributed by atoms with Gasteiger partial charge in [-0.05, 0) is 90.4 Å². The molecule has 3 nitrogen and oxygen atoms in total. The van der Waals surface area contributed by atoms with Crippen molar-refractivity contribution in [3.05, 3.63) is 103 Å². The molecule has 186 valence electrons. The van der Waals surface area contributed by atoms with Crippen molar-refractivity contribution in [2.75, 3.05) is 0 Å². The smallest absolute Gasteiger partial charge is 0.456 e. The molecule has 1 aliphatic heterocycles. The summed E-state index contributed by atoms with van der Waals surface area (Å²) in [5, 5.41) is 4.71. The summed E-state index contributed by atoms with van der Waals surface area (Å²) in [5.41, 5.74) is 6.81. The van der Waals surface area contributed by atoms with Crippen LogP contribution in [0.2, 0.25) is 0 Å². The Morgan fingerprint density at radius 2 is 1.08 bits per heavy atom. The lowest BCUT2D eigenvalue weighted by Crippen LogP contribution is -2.41. The highest BCUT2D eigenvalue weighted by atomic mass is 16.7. The Morgan fingerprint density at radius 3 is 1.76 bits per heavy atom. The topological polar surface area (TPSA) is 31.6 Å². The van der Waals surface area contributed by atoms with E-state index in [2.05, 4.69) is 131 Å². The summed E-state index contributed by atoms with van der Waals surface area (Å²) in [4.78, 5) is 0. The highest BCUT2D eigenvalue weighted by Crippen LogP contribution is 2.37. The fourth-order valence-corrected chi connectivity index (χ4v) is 5.34. The Kier molecular flexibility index (Phi) is 5.10. The molecule has 38 heavy (non-hydrogen) atoms. The van der Waals surface area contributed by atoms with Crippen molar-refractivity contribution < 1.29 is 13.7 Å². The molecule has 0 radical (unpaired) electrons. The summed E-state index contributed by atoms with van der Waals surface area (Å²) in [6.45, 7) is 8.34. The zero-order valence-electron chi connectivity index (χ0n) is 22.1. The third-order valence-electron chi connectivity index (χ3n) is 8.30. The van der Waals surface area contributed by atoms with Gasteiger partial charge in [-0.3, -0.25) is 0 Å². The van der Waals surface area contributed by atoms with Gasteiger partial charge >= 0.3 is 7.12 Å². The van der Waals surface area contributed by atoms with E-state index in [0.717, 1.165) is 38.5 Å². The second-order valence-electron chi connectivity index (χ2n) is 11.3. The normalized spacial score (nSPS) is 16.6. The Bertz CT molecular complexity index is 1810. The molecular weight excluding hydrogens is 467 g/mol. The summed E-state index contributed by atoms with van der Waals surface area (Å²) >= 11 is 0. The van der Waals surface area contributed by atoms with Crippen LogP contribution in [0.1, 0.15) is 27.7 Å². The molecule has 1 fully saturated rings. The number of hydrogen-bond donors (Lipinski definition) is 0. The van der Waals surface area contributed by atoms with Crippen LogP contribution in [0.5, 0.6) is 0 Å². The molecule has 0 amide bonds. The quantitative estimate of drug-likeness (QED) is 0.231. The molecule has 0 aliphatic carbocycles. The van der Waals surface area contributed by atoms with Crippen LogP contribution < -0.4 is 5.46 Å². The molecule has 0 atom stereocenters. The maximum absolute atomic E-state index is 6.27. The number of fused-ring (bicyclic) bond motifs is 4. The summed E-state index contributed by atoms with van der Waals surface area (Å²) in [6.07, 6.45) is 0. The SMILES string of the molecule is CC1(C)OB(c2cccc(-c3ccc(-c4ccc5oc6cc7ccccc7cc6c5c4)cc3)c2)OC1(C)C. The minimum atomic E-state index is -0.368. The van der Waals surface area contributed by atoms with E-state index in [1.165, 1.54) is 21.9 Å². The van der Waals surface area contributed by atoms with Crippen LogP contribution in [0.4, 0.5) is 0 Å². The summed E-state index contributed by atoms with van der Waals surface area (Å²) in [6, 6.07) is 36.5. The number of furan rings is 1. The third kappa shape index (κ3) is 3.75. The van der Waals surface area contributed by atoms with Crippen molar-refractivity contribution in [2.24, 2.45) is 0 Å². The van der Waals surface area contributed by atoms with Gasteiger partial charge in [0.1, 0.15) is 11.2 Å². The Balaban J connectivity index is 1.21. The van der Waals surface area contributed by atoms with Crippen molar-refractivity contribution in [1.29, 1.82) is 0 Å². The molecule has 1 aliphatic rings. The largest absolute Gasteiger partial charge is 0.494 e. The molecule has 0 saturated carbocycles. The maximum atomic E-state index is 6.27. The fourth-order valence-electron chi connectivity index (χ4n) is 5.34. The van der Waals surface area contributed by atoms with Crippen molar-refractivity contribution in [3.63, 3.8) is 0 Å². The maximum Gasteiger partial charge on any atom is 0.494 e. The molecule has 2 heterocycles. The Labute approximate surface area is 223 Å². The molecule has 0 bridgehead atoms. The highest BCUT2D eigenvalue weighted by Gasteiger charge is 2.51. The monoisotopic (exact) mass is 496 g/mol. The predicted molar refractivity (Wildman–Crippen MR) is 158 cm³/mol. The molecular formula is C34H29BO3. The van der Waals surface area contributed by atoms with Crippen LogP contribution in [-0.2, 0) is 9.31 Å². The van der Waals surface area contributed by atoms with Crippen LogP contribution >= 0.6 is 0 Å². The lowest BCUT2D eigenvalue weighted by Gasteiger charge is -2.32. The van der Waals surface area contributed by atoms with E-state index in [4.69, 9.17) is 13.7 Å². The van der Waals surface area contributed by atoms with Crippen LogP contribution in [0.15, 0.2) is 108 Å². The zero-order chi connectivity index (χ0) is 26.1. The van der Waals surface area contributed by atoms with Crippen LogP contribution in [0.3, 0.4) is 0 Å². The lowest BCUT2D eigenvalue weighted by molar-refractivity contribution is 0.00578. The molecule has 4 heteroatoms. The summed E-state index contributed by atoms with van der Waals surface area (Å²) in [7, 11) is -0.368. The van der Waals surface area contributed by atoms with Gasteiger partial charge in [0.25, 0.3) is 0 Å². The van der Waals surface area contributed by atoms with Gasteiger partial charge in [-0.1, -0.05) is 78.9 Å². The second kappa shape index (κ2) is 8.32. The molecule has 1 saturated heterocycles. The van der Waals surface area contributed by atoms with Crippen LogP contribution in [-0.4, -0.2) is 18.3 Å². The van der Waals surface area contributed by atoms with Gasteiger partial charge in [0.15, 0.2) is 0 Å². The van der Waals surface area contributed by atoms with E-state index in [1.54, 1.807) is 0 Å². The number of hydrogen-bond acceptors (Lipinski definition) is 3. The first-order valence-corrected chi connectivity index (χ1v) is 13.2. The van der Waals surface area contributed by atoms with Gasteiger partial charge in [0.2, 0.25) is 0 Å². The van der Waals surface area contributed by atoms with Crippen molar-refractivity contribution in [2.45, 2.75) is 38.9 Å². The standard InChI is InChI=1S/C34H29BO3/c1-33(2)34(3,4)38-35(37-33)28-11-7-10-24(18-28)22-12-14-23(15-13-22)27-16-17-31-29(20-27)30-19-25-8-5-6-9-26(25)21-32(30)36-31/h5-21H,1-4H3. The Morgan fingerprint density at radius 1 is 0.500 bits per heavy atom. The van der Waals surface area contributed by atoms with Gasteiger partial charge < -0.3 is 13.7 Å². The van der Waals surface area contributed by atoms with Gasteiger partial charge in [-0.15, -0.1) is 0 Å². The van der Waals surface area contributed by atoms with Crippen LogP contribution in [0, 0.1) is 0 Å². The van der Waals surface area contributed by atoms with E-state index in [9.17, 15) is 0 Å². The molecule has 7 rings (SSSR count). The highest BCUT2D eigenvalue weighted by molar-refractivity contribution is 6.62. The van der Waals surface area contributed by atoms with E-state index in [0.29, 0.717) is 0 Å². The molecule has 0 unspecified atom stereocenters. The van der Waals surface area contributed by atoms with Gasteiger partial charge in [-0.25, -0.2) is 0 Å². The van der Waals surface area contributed by atoms with Crippen LogP contribution in [0.25, 0.3) is 55.0 Å².